The predicted octanol–water partition coefficient (Wildman–Crippen LogP) is 0.955. The fourth-order valence-electron chi connectivity index (χ4n) is 4.00. The van der Waals surface area contributed by atoms with Gasteiger partial charge in [-0.15, -0.1) is 0 Å². The van der Waals surface area contributed by atoms with Crippen LogP contribution in [0.4, 0.5) is 0 Å². The van der Waals surface area contributed by atoms with Gasteiger partial charge in [0.05, 0.1) is 18.7 Å². The summed E-state index contributed by atoms with van der Waals surface area (Å²) in [5, 5.41) is 2.88. The second-order valence-electron chi connectivity index (χ2n) is 7.62. The maximum absolute atomic E-state index is 12.9. The molecule has 3 heterocycles. The molecular weight excluding hydrogens is 384 g/mol. The number of carbonyl (C=O) groups excluding carboxylic acids is 3. The Bertz CT molecular complexity index is 876. The highest BCUT2D eigenvalue weighted by Crippen LogP contribution is 2.16. The maximum atomic E-state index is 12.9. The van der Waals surface area contributed by atoms with Crippen LogP contribution in [0.25, 0.3) is 0 Å². The third-order valence-electron chi connectivity index (χ3n) is 5.69. The molecule has 1 atom stereocenters. The third-order valence-corrected chi connectivity index (χ3v) is 5.69. The lowest BCUT2D eigenvalue weighted by Gasteiger charge is -2.38. The van der Waals surface area contributed by atoms with Gasteiger partial charge in [-0.05, 0) is 17.7 Å². The Morgan fingerprint density at radius 2 is 1.70 bits per heavy atom. The lowest BCUT2D eigenvalue weighted by atomic mass is 10.1. The van der Waals surface area contributed by atoms with Crippen LogP contribution < -0.4 is 5.32 Å². The molecule has 0 unspecified atom stereocenters. The van der Waals surface area contributed by atoms with Crippen LogP contribution in [0.2, 0.25) is 0 Å². The standard InChI is InChI=1S/C22H26N4O4/c27-20(24-10-12-25(13-11-24)22(29)19-7-4-14-30-19)15-18-21(28)23-8-9-26(18)16-17-5-2-1-3-6-17/h1-7,14,18H,8-13,15-16H2,(H,23,28)/t18-/m1/s1. The highest BCUT2D eigenvalue weighted by molar-refractivity contribution is 5.92. The van der Waals surface area contributed by atoms with Crippen molar-refractivity contribution >= 4 is 17.7 Å². The van der Waals surface area contributed by atoms with Gasteiger partial charge in [-0.2, -0.15) is 0 Å². The van der Waals surface area contributed by atoms with E-state index in [1.54, 1.807) is 21.9 Å². The molecule has 1 aromatic carbocycles. The van der Waals surface area contributed by atoms with Crippen molar-refractivity contribution < 1.29 is 18.8 Å². The molecule has 158 valence electrons. The van der Waals surface area contributed by atoms with Gasteiger partial charge in [0.1, 0.15) is 0 Å². The van der Waals surface area contributed by atoms with Crippen molar-refractivity contribution in [3.05, 3.63) is 60.1 Å². The number of carbonyl (C=O) groups is 3. The molecule has 3 amide bonds. The molecule has 8 nitrogen and oxygen atoms in total. The Labute approximate surface area is 175 Å². The number of benzene rings is 1. The number of hydrogen-bond donors (Lipinski definition) is 1. The zero-order valence-electron chi connectivity index (χ0n) is 16.8. The van der Waals surface area contributed by atoms with Crippen molar-refractivity contribution in [2.24, 2.45) is 0 Å². The molecule has 2 fully saturated rings. The van der Waals surface area contributed by atoms with Crippen LogP contribution in [-0.2, 0) is 16.1 Å². The molecule has 2 aliphatic rings. The predicted molar refractivity (Wildman–Crippen MR) is 109 cm³/mol. The third kappa shape index (κ3) is 4.54. The van der Waals surface area contributed by atoms with Gasteiger partial charge < -0.3 is 19.5 Å². The van der Waals surface area contributed by atoms with Crippen molar-refractivity contribution in [1.29, 1.82) is 0 Å². The average Bonchev–Trinajstić information content (AvgIpc) is 3.31. The number of furan rings is 1. The lowest BCUT2D eigenvalue weighted by molar-refractivity contribution is -0.140. The summed E-state index contributed by atoms with van der Waals surface area (Å²) in [6.45, 7) is 3.76. The Kier molecular flexibility index (Phi) is 6.13. The van der Waals surface area contributed by atoms with Crippen LogP contribution in [0, 0.1) is 0 Å². The summed E-state index contributed by atoms with van der Waals surface area (Å²) in [6, 6.07) is 12.8. The molecule has 2 aliphatic heterocycles. The minimum atomic E-state index is -0.478. The van der Waals surface area contributed by atoms with E-state index < -0.39 is 6.04 Å². The summed E-state index contributed by atoms with van der Waals surface area (Å²) in [7, 11) is 0. The molecular formula is C22H26N4O4. The van der Waals surface area contributed by atoms with Gasteiger partial charge in [-0.25, -0.2) is 0 Å². The number of amides is 3. The highest BCUT2D eigenvalue weighted by Gasteiger charge is 2.34. The van der Waals surface area contributed by atoms with E-state index in [-0.39, 0.29) is 24.1 Å². The molecule has 1 N–H and O–H groups in total. The summed E-state index contributed by atoms with van der Waals surface area (Å²) < 4.78 is 5.17. The topological polar surface area (TPSA) is 86.1 Å². The normalized spacial score (nSPS) is 20.1. The second kappa shape index (κ2) is 9.13. The minimum absolute atomic E-state index is 0.0554. The smallest absolute Gasteiger partial charge is 0.289 e. The molecule has 2 saturated heterocycles. The first-order chi connectivity index (χ1) is 14.6. The zero-order chi connectivity index (χ0) is 20.9. The van der Waals surface area contributed by atoms with Gasteiger partial charge in [0.15, 0.2) is 5.76 Å². The molecule has 0 bridgehead atoms. The molecule has 1 aromatic heterocycles. The van der Waals surface area contributed by atoms with Gasteiger partial charge in [0, 0.05) is 45.8 Å². The van der Waals surface area contributed by atoms with Gasteiger partial charge in [0.25, 0.3) is 5.91 Å². The van der Waals surface area contributed by atoms with E-state index in [9.17, 15) is 14.4 Å². The van der Waals surface area contributed by atoms with E-state index in [1.807, 2.05) is 30.3 Å². The molecule has 0 spiro atoms. The van der Waals surface area contributed by atoms with E-state index in [2.05, 4.69) is 10.2 Å². The first-order valence-electron chi connectivity index (χ1n) is 10.3. The molecule has 0 aliphatic carbocycles. The number of piperazine rings is 2. The van der Waals surface area contributed by atoms with E-state index in [0.717, 1.165) is 5.56 Å². The van der Waals surface area contributed by atoms with Crippen molar-refractivity contribution in [2.75, 3.05) is 39.3 Å². The minimum Gasteiger partial charge on any atom is -0.459 e. The Morgan fingerprint density at radius 1 is 0.967 bits per heavy atom. The van der Waals surface area contributed by atoms with Crippen molar-refractivity contribution in [3.63, 3.8) is 0 Å². The fraction of sp³-hybridized carbons (Fsp3) is 0.409. The van der Waals surface area contributed by atoms with Gasteiger partial charge >= 0.3 is 0 Å². The number of nitrogens with zero attached hydrogens (tertiary/aromatic N) is 3. The summed E-state index contributed by atoms with van der Waals surface area (Å²) >= 11 is 0. The fourth-order valence-corrected chi connectivity index (χ4v) is 4.00. The number of hydrogen-bond acceptors (Lipinski definition) is 5. The van der Waals surface area contributed by atoms with Crippen LogP contribution in [0.15, 0.2) is 53.1 Å². The zero-order valence-corrected chi connectivity index (χ0v) is 16.8. The van der Waals surface area contributed by atoms with Crippen molar-refractivity contribution in [1.82, 2.24) is 20.0 Å². The lowest BCUT2D eigenvalue weighted by Crippen LogP contribution is -2.57. The first-order valence-corrected chi connectivity index (χ1v) is 10.3. The van der Waals surface area contributed by atoms with Gasteiger partial charge in [-0.1, -0.05) is 30.3 Å². The molecule has 30 heavy (non-hydrogen) atoms. The summed E-state index contributed by atoms with van der Waals surface area (Å²) in [5.74, 6) is -0.00428. The van der Waals surface area contributed by atoms with Crippen molar-refractivity contribution in [2.45, 2.75) is 19.0 Å². The van der Waals surface area contributed by atoms with Crippen LogP contribution >= 0.6 is 0 Å². The molecule has 0 saturated carbocycles. The van der Waals surface area contributed by atoms with Crippen LogP contribution in [0.1, 0.15) is 22.5 Å². The van der Waals surface area contributed by atoms with Crippen LogP contribution in [0.5, 0.6) is 0 Å². The monoisotopic (exact) mass is 410 g/mol. The van der Waals surface area contributed by atoms with E-state index in [0.29, 0.717) is 51.6 Å². The Hall–Kier alpha value is -3.13. The average molecular weight is 410 g/mol. The van der Waals surface area contributed by atoms with Crippen molar-refractivity contribution in [3.8, 4) is 0 Å². The SMILES string of the molecule is O=C1NCCN(Cc2ccccc2)[C@@H]1CC(=O)N1CCN(C(=O)c2ccco2)CC1. The molecule has 2 aromatic rings. The summed E-state index contributed by atoms with van der Waals surface area (Å²) in [5.41, 5.74) is 1.12. The van der Waals surface area contributed by atoms with E-state index in [4.69, 9.17) is 4.42 Å². The molecule has 0 radical (unpaired) electrons. The number of rotatable bonds is 5. The largest absolute Gasteiger partial charge is 0.459 e. The molecule has 8 heteroatoms. The maximum Gasteiger partial charge on any atom is 0.289 e. The quantitative estimate of drug-likeness (QED) is 0.793. The van der Waals surface area contributed by atoms with E-state index in [1.165, 1.54) is 6.26 Å². The summed E-state index contributed by atoms with van der Waals surface area (Å²) in [4.78, 5) is 43.3. The van der Waals surface area contributed by atoms with Crippen LogP contribution in [0.3, 0.4) is 0 Å². The number of nitrogens with one attached hydrogen (secondary N) is 1. The van der Waals surface area contributed by atoms with E-state index >= 15 is 0 Å². The Balaban J connectivity index is 1.34. The van der Waals surface area contributed by atoms with Gasteiger partial charge in [0.2, 0.25) is 11.8 Å². The van der Waals surface area contributed by atoms with Gasteiger partial charge in [-0.3, -0.25) is 19.3 Å². The molecule has 4 rings (SSSR count). The Morgan fingerprint density at radius 3 is 2.40 bits per heavy atom. The highest BCUT2D eigenvalue weighted by atomic mass is 16.3. The van der Waals surface area contributed by atoms with Crippen LogP contribution in [-0.4, -0.2) is 77.7 Å². The summed E-state index contributed by atoms with van der Waals surface area (Å²) in [6.07, 6.45) is 1.62. The first kappa shape index (κ1) is 20.2. The second-order valence-corrected chi connectivity index (χ2v) is 7.62.